The fraction of sp³-hybridized carbons (Fsp3) is 0.0769. The third-order valence-electron chi connectivity index (χ3n) is 4.94. The lowest BCUT2D eigenvalue weighted by molar-refractivity contribution is -0.136. The van der Waals surface area contributed by atoms with Crippen molar-refractivity contribution in [3.63, 3.8) is 0 Å². The predicted molar refractivity (Wildman–Crippen MR) is 123 cm³/mol. The first kappa shape index (κ1) is 20.2. The van der Waals surface area contributed by atoms with E-state index in [2.05, 4.69) is 22.1 Å². The van der Waals surface area contributed by atoms with Gasteiger partial charge in [0, 0.05) is 5.56 Å². The number of carboxylic acids is 1. The summed E-state index contributed by atoms with van der Waals surface area (Å²) in [6, 6.07) is 25.8. The number of hydrogen-bond acceptors (Lipinski definition) is 3. The van der Waals surface area contributed by atoms with Gasteiger partial charge in [-0.1, -0.05) is 72.8 Å². The average Bonchev–Trinajstić information content (AvgIpc) is 3.20. The van der Waals surface area contributed by atoms with Gasteiger partial charge in [-0.2, -0.15) is 0 Å². The van der Waals surface area contributed by atoms with Gasteiger partial charge < -0.3 is 14.8 Å². The Balaban J connectivity index is 1.62. The molecule has 2 N–H and O–H groups in total. The van der Waals surface area contributed by atoms with E-state index in [-0.39, 0.29) is 6.42 Å². The van der Waals surface area contributed by atoms with Gasteiger partial charge in [-0.25, -0.2) is 4.98 Å². The number of ether oxygens (including phenoxy) is 1. The summed E-state index contributed by atoms with van der Waals surface area (Å²) >= 11 is 0. The second-order valence-corrected chi connectivity index (χ2v) is 7.07. The maximum atomic E-state index is 11.4. The molecule has 3 aromatic carbocycles. The van der Waals surface area contributed by atoms with Gasteiger partial charge in [0.15, 0.2) is 0 Å². The number of imidazole rings is 1. The first-order valence-corrected chi connectivity index (χ1v) is 9.91. The molecule has 1 aromatic heterocycles. The minimum absolute atomic E-state index is 0.126. The van der Waals surface area contributed by atoms with Crippen LogP contribution in [0.3, 0.4) is 0 Å². The van der Waals surface area contributed by atoms with E-state index in [9.17, 15) is 9.90 Å². The van der Waals surface area contributed by atoms with E-state index >= 15 is 0 Å². The van der Waals surface area contributed by atoms with Crippen LogP contribution in [-0.2, 0) is 11.2 Å². The highest BCUT2D eigenvalue weighted by Gasteiger charge is 2.14. The van der Waals surface area contributed by atoms with Crippen molar-refractivity contribution in [1.82, 2.24) is 9.97 Å². The molecule has 0 aliphatic carbocycles. The molecule has 4 aromatic rings. The lowest BCUT2D eigenvalue weighted by Crippen LogP contribution is -2.01. The van der Waals surface area contributed by atoms with E-state index in [1.54, 1.807) is 7.11 Å². The van der Waals surface area contributed by atoms with Gasteiger partial charge in [0.1, 0.15) is 11.6 Å². The molecule has 0 fully saturated rings. The van der Waals surface area contributed by atoms with E-state index in [1.165, 1.54) is 0 Å². The van der Waals surface area contributed by atoms with Crippen molar-refractivity contribution in [3.05, 3.63) is 95.9 Å². The fourth-order valence-corrected chi connectivity index (χ4v) is 3.37. The van der Waals surface area contributed by atoms with Crippen LogP contribution in [0.15, 0.2) is 78.9 Å². The third-order valence-corrected chi connectivity index (χ3v) is 4.94. The number of methoxy groups -OCH3 is 1. The smallest absolute Gasteiger partial charge is 0.309 e. The number of nitrogens with zero attached hydrogens (tertiary/aromatic N) is 1. The molecule has 154 valence electrons. The number of H-pyrrole nitrogens is 1. The molecular weight excluding hydrogens is 388 g/mol. The van der Waals surface area contributed by atoms with E-state index in [1.807, 2.05) is 78.9 Å². The monoisotopic (exact) mass is 410 g/mol. The van der Waals surface area contributed by atoms with Crippen LogP contribution < -0.4 is 4.74 Å². The number of rotatable bonds is 7. The largest absolute Gasteiger partial charge is 0.497 e. The normalized spacial score (nSPS) is 11.0. The van der Waals surface area contributed by atoms with Crippen molar-refractivity contribution in [1.29, 1.82) is 0 Å². The summed E-state index contributed by atoms with van der Waals surface area (Å²) in [7, 11) is 1.63. The summed E-state index contributed by atoms with van der Waals surface area (Å²) in [6.45, 7) is 0. The van der Waals surface area contributed by atoms with Crippen LogP contribution in [0.4, 0.5) is 0 Å². The van der Waals surface area contributed by atoms with E-state index in [4.69, 9.17) is 4.74 Å². The zero-order chi connectivity index (χ0) is 21.6. The van der Waals surface area contributed by atoms with Crippen molar-refractivity contribution >= 4 is 18.1 Å². The first-order valence-electron chi connectivity index (χ1n) is 9.91. The topological polar surface area (TPSA) is 75.2 Å². The number of nitrogens with one attached hydrogen (secondary N) is 1. The molecule has 0 saturated heterocycles. The Labute approximate surface area is 180 Å². The van der Waals surface area contributed by atoms with Gasteiger partial charge in [-0.05, 0) is 34.9 Å². The number of aromatic amines is 1. The number of hydrogen-bond donors (Lipinski definition) is 2. The van der Waals surface area contributed by atoms with Crippen molar-refractivity contribution in [2.24, 2.45) is 0 Å². The maximum absolute atomic E-state index is 11.4. The standard InChI is InChI=1S/C26H22N2O3/c1-31-22-14-7-18(8-15-22)9-16-24-27-23(17-25(29)30)26(28-24)21-12-10-20(11-13-21)19-5-3-2-4-6-19/h2-16H,17H2,1H3,(H,27,28)(H,29,30). The molecule has 0 radical (unpaired) electrons. The van der Waals surface area contributed by atoms with Crippen molar-refractivity contribution in [2.45, 2.75) is 6.42 Å². The third kappa shape index (κ3) is 4.90. The van der Waals surface area contributed by atoms with Crippen LogP contribution in [0.25, 0.3) is 34.5 Å². The first-order chi connectivity index (χ1) is 15.1. The highest BCUT2D eigenvalue weighted by Crippen LogP contribution is 2.27. The molecule has 0 bridgehead atoms. The zero-order valence-electron chi connectivity index (χ0n) is 17.1. The lowest BCUT2D eigenvalue weighted by atomic mass is 10.0. The van der Waals surface area contributed by atoms with Crippen molar-refractivity contribution in [2.75, 3.05) is 7.11 Å². The summed E-state index contributed by atoms with van der Waals surface area (Å²) in [5.41, 5.74) is 5.32. The van der Waals surface area contributed by atoms with Gasteiger partial charge in [0.25, 0.3) is 0 Å². The van der Waals surface area contributed by atoms with Crippen LogP contribution in [0.2, 0.25) is 0 Å². The second kappa shape index (κ2) is 9.13. The van der Waals surface area contributed by atoms with Gasteiger partial charge in [0.2, 0.25) is 0 Å². The Bertz CT molecular complexity index is 1190. The summed E-state index contributed by atoms with van der Waals surface area (Å²) in [4.78, 5) is 19.2. The highest BCUT2D eigenvalue weighted by atomic mass is 16.5. The molecule has 0 aliphatic heterocycles. The van der Waals surface area contributed by atoms with Crippen LogP contribution in [-0.4, -0.2) is 28.2 Å². The highest BCUT2D eigenvalue weighted by molar-refractivity contribution is 5.77. The lowest BCUT2D eigenvalue weighted by Gasteiger charge is -2.04. The Hall–Kier alpha value is -4.12. The van der Waals surface area contributed by atoms with Crippen molar-refractivity contribution in [3.8, 4) is 28.1 Å². The summed E-state index contributed by atoms with van der Waals surface area (Å²) < 4.78 is 5.18. The molecule has 0 unspecified atom stereocenters. The average molecular weight is 410 g/mol. The van der Waals surface area contributed by atoms with E-state index in [0.29, 0.717) is 17.2 Å². The second-order valence-electron chi connectivity index (χ2n) is 7.07. The van der Waals surface area contributed by atoms with Crippen LogP contribution >= 0.6 is 0 Å². The van der Waals surface area contributed by atoms with Gasteiger partial charge in [-0.3, -0.25) is 4.79 Å². The number of carboxylic acid groups (broad SMARTS) is 1. The van der Waals surface area contributed by atoms with Gasteiger partial charge >= 0.3 is 5.97 Å². The van der Waals surface area contributed by atoms with E-state index < -0.39 is 5.97 Å². The predicted octanol–water partition coefficient (Wildman–Crippen LogP) is 5.55. The number of benzene rings is 3. The summed E-state index contributed by atoms with van der Waals surface area (Å²) in [5, 5.41) is 9.32. The van der Waals surface area contributed by atoms with Crippen LogP contribution in [0.5, 0.6) is 5.75 Å². The molecule has 0 atom stereocenters. The maximum Gasteiger partial charge on any atom is 0.309 e. The number of aromatic nitrogens is 2. The minimum Gasteiger partial charge on any atom is -0.497 e. The van der Waals surface area contributed by atoms with Crippen LogP contribution in [0.1, 0.15) is 17.1 Å². The number of carbonyl (C=O) groups is 1. The molecule has 4 rings (SSSR count). The Kier molecular flexibility index (Phi) is 5.94. The number of aliphatic carboxylic acids is 1. The molecule has 5 heteroatoms. The van der Waals surface area contributed by atoms with Crippen LogP contribution in [0, 0.1) is 0 Å². The molecule has 31 heavy (non-hydrogen) atoms. The van der Waals surface area contributed by atoms with E-state index in [0.717, 1.165) is 28.0 Å². The fourth-order valence-electron chi connectivity index (χ4n) is 3.37. The molecule has 0 spiro atoms. The molecule has 0 amide bonds. The quantitative estimate of drug-likeness (QED) is 0.419. The Morgan fingerprint density at radius 3 is 2.19 bits per heavy atom. The van der Waals surface area contributed by atoms with Gasteiger partial charge in [-0.15, -0.1) is 0 Å². The molecule has 1 heterocycles. The molecule has 0 aliphatic rings. The SMILES string of the molecule is COc1ccc(C=Cc2nc(-c3ccc(-c4ccccc4)cc3)c(CC(=O)O)[nH]2)cc1. The molecular formula is C26H22N2O3. The molecule has 5 nitrogen and oxygen atoms in total. The summed E-state index contributed by atoms with van der Waals surface area (Å²) in [5.74, 6) is 0.492. The van der Waals surface area contributed by atoms with Gasteiger partial charge in [0.05, 0.1) is 24.9 Å². The Morgan fingerprint density at radius 1 is 0.903 bits per heavy atom. The Morgan fingerprint density at radius 2 is 1.55 bits per heavy atom. The minimum atomic E-state index is -0.906. The zero-order valence-corrected chi connectivity index (χ0v) is 17.1. The van der Waals surface area contributed by atoms with Crippen molar-refractivity contribution < 1.29 is 14.6 Å². The molecule has 0 saturated carbocycles. The summed E-state index contributed by atoms with van der Waals surface area (Å²) in [6.07, 6.45) is 3.64.